The quantitative estimate of drug-likeness (QED) is 0.801. The van der Waals surface area contributed by atoms with Crippen molar-refractivity contribution in [1.29, 1.82) is 0 Å². The summed E-state index contributed by atoms with van der Waals surface area (Å²) in [5, 5.41) is 2.88. The van der Waals surface area contributed by atoms with E-state index in [2.05, 4.69) is 15.2 Å². The molecule has 3 amide bonds. The van der Waals surface area contributed by atoms with Crippen LogP contribution in [0.1, 0.15) is 33.6 Å². The van der Waals surface area contributed by atoms with Crippen molar-refractivity contribution in [2.45, 2.75) is 12.8 Å². The van der Waals surface area contributed by atoms with E-state index in [-0.39, 0.29) is 12.5 Å². The standard InChI is InChI=1S/C21H22N4O3/c26-19(14-25-20(27)16-5-1-2-6-17(16)21(25)28)23-13-15-8-11-24(12-9-15)18-7-3-4-10-22-18/h1-7,10,15H,8-9,11-14H2,(H,23,26). The van der Waals surface area contributed by atoms with Crippen molar-refractivity contribution in [3.05, 3.63) is 59.8 Å². The number of benzene rings is 1. The summed E-state index contributed by atoms with van der Waals surface area (Å²) in [5.41, 5.74) is 0.726. The number of carbonyl (C=O) groups is 3. The lowest BCUT2D eigenvalue weighted by molar-refractivity contribution is -0.121. The van der Waals surface area contributed by atoms with Crippen molar-refractivity contribution in [2.75, 3.05) is 31.1 Å². The van der Waals surface area contributed by atoms with E-state index < -0.39 is 11.8 Å². The van der Waals surface area contributed by atoms with Crippen LogP contribution in [-0.4, -0.2) is 53.8 Å². The molecule has 0 aliphatic carbocycles. The normalized spacial score (nSPS) is 17.0. The minimum Gasteiger partial charge on any atom is -0.357 e. The third-order valence-electron chi connectivity index (χ3n) is 5.36. The lowest BCUT2D eigenvalue weighted by Crippen LogP contribution is -2.43. The van der Waals surface area contributed by atoms with Crippen molar-refractivity contribution in [3.63, 3.8) is 0 Å². The smallest absolute Gasteiger partial charge is 0.262 e. The first-order valence-electron chi connectivity index (χ1n) is 9.51. The van der Waals surface area contributed by atoms with E-state index in [4.69, 9.17) is 0 Å². The Balaban J connectivity index is 1.25. The summed E-state index contributed by atoms with van der Waals surface area (Å²) >= 11 is 0. The maximum Gasteiger partial charge on any atom is 0.262 e. The van der Waals surface area contributed by atoms with Crippen LogP contribution in [0.15, 0.2) is 48.7 Å². The first-order chi connectivity index (χ1) is 13.6. The lowest BCUT2D eigenvalue weighted by Gasteiger charge is -2.32. The fourth-order valence-electron chi connectivity index (χ4n) is 3.75. The van der Waals surface area contributed by atoms with Gasteiger partial charge in [0.25, 0.3) is 11.8 Å². The highest BCUT2D eigenvalue weighted by atomic mass is 16.2. The summed E-state index contributed by atoms with van der Waals surface area (Å²) in [6, 6.07) is 12.5. The van der Waals surface area contributed by atoms with Crippen LogP contribution in [0.3, 0.4) is 0 Å². The number of rotatable bonds is 5. The van der Waals surface area contributed by atoms with Gasteiger partial charge in [0.2, 0.25) is 5.91 Å². The van der Waals surface area contributed by atoms with Gasteiger partial charge in [-0.3, -0.25) is 19.3 Å². The fraction of sp³-hybridized carbons (Fsp3) is 0.333. The number of aromatic nitrogens is 1. The first-order valence-corrected chi connectivity index (χ1v) is 9.51. The predicted molar refractivity (Wildman–Crippen MR) is 104 cm³/mol. The van der Waals surface area contributed by atoms with Crippen LogP contribution in [-0.2, 0) is 4.79 Å². The third-order valence-corrected chi connectivity index (χ3v) is 5.36. The van der Waals surface area contributed by atoms with Gasteiger partial charge in [0, 0.05) is 25.8 Å². The zero-order valence-electron chi connectivity index (χ0n) is 15.5. The number of anilines is 1. The number of imide groups is 1. The molecular weight excluding hydrogens is 356 g/mol. The Kier molecular flexibility index (Phi) is 5.06. The number of hydrogen-bond donors (Lipinski definition) is 1. The van der Waals surface area contributed by atoms with Gasteiger partial charge in [-0.1, -0.05) is 18.2 Å². The zero-order valence-corrected chi connectivity index (χ0v) is 15.5. The molecule has 2 aromatic rings. The molecule has 0 radical (unpaired) electrons. The van der Waals surface area contributed by atoms with Gasteiger partial charge in [0.1, 0.15) is 12.4 Å². The van der Waals surface area contributed by atoms with Crippen LogP contribution >= 0.6 is 0 Å². The highest BCUT2D eigenvalue weighted by molar-refractivity contribution is 6.22. The molecule has 28 heavy (non-hydrogen) atoms. The number of nitrogens with one attached hydrogen (secondary N) is 1. The molecule has 2 aliphatic rings. The van der Waals surface area contributed by atoms with E-state index in [0.29, 0.717) is 23.6 Å². The summed E-state index contributed by atoms with van der Waals surface area (Å²) in [6.45, 7) is 2.11. The Morgan fingerprint density at radius 3 is 2.25 bits per heavy atom. The highest BCUT2D eigenvalue weighted by Crippen LogP contribution is 2.23. The second kappa shape index (κ2) is 7.80. The van der Waals surface area contributed by atoms with Crippen molar-refractivity contribution >= 4 is 23.5 Å². The van der Waals surface area contributed by atoms with Gasteiger partial charge in [-0.25, -0.2) is 4.98 Å². The number of pyridine rings is 1. The molecule has 144 valence electrons. The van der Waals surface area contributed by atoms with E-state index in [0.717, 1.165) is 36.6 Å². The van der Waals surface area contributed by atoms with E-state index in [1.807, 2.05) is 18.2 Å². The van der Waals surface area contributed by atoms with Crippen LogP contribution < -0.4 is 10.2 Å². The number of fused-ring (bicyclic) bond motifs is 1. The Labute approximate surface area is 163 Å². The van der Waals surface area contributed by atoms with Crippen molar-refractivity contribution in [2.24, 2.45) is 5.92 Å². The summed E-state index contributed by atoms with van der Waals surface area (Å²) in [7, 11) is 0. The highest BCUT2D eigenvalue weighted by Gasteiger charge is 2.36. The van der Waals surface area contributed by atoms with Crippen LogP contribution in [0.25, 0.3) is 0 Å². The molecule has 0 spiro atoms. The maximum atomic E-state index is 12.3. The Morgan fingerprint density at radius 1 is 1.00 bits per heavy atom. The van der Waals surface area contributed by atoms with Crippen molar-refractivity contribution < 1.29 is 14.4 Å². The molecule has 1 aromatic heterocycles. The van der Waals surface area contributed by atoms with E-state index >= 15 is 0 Å². The summed E-state index contributed by atoms with van der Waals surface area (Å²) in [4.78, 5) is 44.6. The summed E-state index contributed by atoms with van der Waals surface area (Å²) in [6.07, 6.45) is 3.72. The number of carbonyl (C=O) groups excluding carboxylic acids is 3. The molecule has 0 unspecified atom stereocenters. The molecule has 1 N–H and O–H groups in total. The van der Waals surface area contributed by atoms with Gasteiger partial charge < -0.3 is 10.2 Å². The largest absolute Gasteiger partial charge is 0.357 e. The minimum absolute atomic E-state index is 0.237. The fourth-order valence-corrected chi connectivity index (χ4v) is 3.75. The first kappa shape index (κ1) is 18.2. The molecule has 0 bridgehead atoms. The molecule has 0 saturated carbocycles. The van der Waals surface area contributed by atoms with Gasteiger partial charge in [-0.15, -0.1) is 0 Å². The van der Waals surface area contributed by atoms with Crippen LogP contribution in [0.4, 0.5) is 5.82 Å². The van der Waals surface area contributed by atoms with Crippen LogP contribution in [0.2, 0.25) is 0 Å². The molecule has 3 heterocycles. The molecule has 1 aromatic carbocycles. The van der Waals surface area contributed by atoms with Gasteiger partial charge in [0.15, 0.2) is 0 Å². The number of nitrogens with zero attached hydrogens (tertiary/aromatic N) is 3. The molecule has 4 rings (SSSR count). The lowest BCUT2D eigenvalue weighted by atomic mass is 9.97. The molecule has 7 heteroatoms. The van der Waals surface area contributed by atoms with Gasteiger partial charge in [-0.2, -0.15) is 0 Å². The van der Waals surface area contributed by atoms with Crippen LogP contribution in [0, 0.1) is 5.92 Å². The van der Waals surface area contributed by atoms with Crippen molar-refractivity contribution in [3.8, 4) is 0 Å². The topological polar surface area (TPSA) is 82.6 Å². The molecule has 1 saturated heterocycles. The van der Waals surface area contributed by atoms with Gasteiger partial charge in [-0.05, 0) is 43.0 Å². The number of amides is 3. The second-order valence-electron chi connectivity index (χ2n) is 7.16. The summed E-state index contributed by atoms with van der Waals surface area (Å²) < 4.78 is 0. The maximum absolute atomic E-state index is 12.3. The average Bonchev–Trinajstić information content (AvgIpc) is 2.98. The van der Waals surface area contributed by atoms with Gasteiger partial charge >= 0.3 is 0 Å². The van der Waals surface area contributed by atoms with Gasteiger partial charge in [0.05, 0.1) is 11.1 Å². The Bertz CT molecular complexity index is 857. The Morgan fingerprint density at radius 2 is 1.64 bits per heavy atom. The number of piperidine rings is 1. The van der Waals surface area contributed by atoms with Crippen molar-refractivity contribution in [1.82, 2.24) is 15.2 Å². The predicted octanol–water partition coefficient (Wildman–Crippen LogP) is 1.71. The van der Waals surface area contributed by atoms with Crippen LogP contribution in [0.5, 0.6) is 0 Å². The minimum atomic E-state index is -0.403. The zero-order chi connectivity index (χ0) is 19.5. The van der Waals surface area contributed by atoms with E-state index in [1.54, 1.807) is 30.5 Å². The third kappa shape index (κ3) is 3.60. The molecule has 7 nitrogen and oxygen atoms in total. The summed E-state index contributed by atoms with van der Waals surface area (Å²) in [5.74, 6) is 0.252. The monoisotopic (exact) mass is 378 g/mol. The number of hydrogen-bond acceptors (Lipinski definition) is 5. The molecular formula is C21H22N4O3. The SMILES string of the molecule is O=C(CN1C(=O)c2ccccc2C1=O)NCC1CCN(c2ccccn2)CC1. The molecule has 0 atom stereocenters. The van der Waals surface area contributed by atoms with E-state index in [1.165, 1.54) is 0 Å². The Hall–Kier alpha value is -3.22. The molecule has 2 aliphatic heterocycles. The van der Waals surface area contributed by atoms with E-state index in [9.17, 15) is 14.4 Å². The second-order valence-corrected chi connectivity index (χ2v) is 7.16. The average molecular weight is 378 g/mol. The molecule has 1 fully saturated rings.